The third-order valence-electron chi connectivity index (χ3n) is 1.44. The maximum Gasteiger partial charge on any atom is 0.183 e. The van der Waals surface area contributed by atoms with Gasteiger partial charge >= 0.3 is 0 Å². The van der Waals surface area contributed by atoms with Crippen LogP contribution in [-0.4, -0.2) is 11.7 Å². The Morgan fingerprint density at radius 1 is 1.23 bits per heavy atom. The van der Waals surface area contributed by atoms with Crippen LogP contribution in [0.25, 0.3) is 0 Å². The van der Waals surface area contributed by atoms with Gasteiger partial charge in [-0.05, 0) is 12.1 Å². The highest BCUT2D eigenvalue weighted by molar-refractivity contribution is 6.30. The van der Waals surface area contributed by atoms with E-state index >= 15 is 0 Å². The summed E-state index contributed by atoms with van der Waals surface area (Å²) in [5.74, 6) is -5.43. The lowest BCUT2D eigenvalue weighted by Gasteiger charge is -2.01. The molecule has 0 heterocycles. The Hall–Kier alpha value is -1.03. The van der Waals surface area contributed by atoms with Crippen LogP contribution in [0.5, 0.6) is 0 Å². The molecule has 0 saturated carbocycles. The van der Waals surface area contributed by atoms with Crippen molar-refractivity contribution in [2.45, 2.75) is 0 Å². The van der Waals surface area contributed by atoms with Gasteiger partial charge in [-0.2, -0.15) is 0 Å². The summed E-state index contributed by atoms with van der Waals surface area (Å²) in [4.78, 5) is 10.8. The van der Waals surface area contributed by atoms with Gasteiger partial charge in [0, 0.05) is 0 Å². The molecule has 0 spiro atoms. The average Bonchev–Trinajstić information content (AvgIpc) is 2.12. The van der Waals surface area contributed by atoms with E-state index in [1.807, 2.05) is 0 Å². The number of ketones is 1. The van der Waals surface area contributed by atoms with Gasteiger partial charge in [-0.15, -0.1) is 11.6 Å². The maximum atomic E-state index is 12.8. The van der Waals surface area contributed by atoms with Gasteiger partial charge in [0.2, 0.25) is 0 Å². The molecule has 0 aliphatic heterocycles. The van der Waals surface area contributed by atoms with Crippen molar-refractivity contribution in [1.82, 2.24) is 0 Å². The topological polar surface area (TPSA) is 17.1 Å². The molecule has 0 aromatic heterocycles. The molecule has 0 amide bonds. The van der Waals surface area contributed by atoms with Gasteiger partial charge in [-0.3, -0.25) is 4.79 Å². The van der Waals surface area contributed by atoms with Crippen LogP contribution in [0.3, 0.4) is 0 Å². The summed E-state index contributed by atoms with van der Waals surface area (Å²) < 4.78 is 38.1. The van der Waals surface area contributed by atoms with Crippen molar-refractivity contribution >= 4 is 17.4 Å². The van der Waals surface area contributed by atoms with Gasteiger partial charge in [0.1, 0.15) is 5.82 Å². The molecule has 0 saturated heterocycles. The fraction of sp³-hybridized carbons (Fsp3) is 0.125. The molecule has 0 bridgehead atoms. The summed E-state index contributed by atoms with van der Waals surface area (Å²) in [7, 11) is 0. The molecule has 13 heavy (non-hydrogen) atoms. The zero-order valence-electron chi connectivity index (χ0n) is 6.28. The van der Waals surface area contributed by atoms with Crippen LogP contribution in [0.1, 0.15) is 10.4 Å². The first-order valence-corrected chi connectivity index (χ1v) is 3.84. The molecule has 0 aliphatic carbocycles. The van der Waals surface area contributed by atoms with E-state index in [2.05, 4.69) is 0 Å². The first kappa shape index (κ1) is 10.1. The van der Waals surface area contributed by atoms with Gasteiger partial charge in [0.25, 0.3) is 0 Å². The first-order valence-electron chi connectivity index (χ1n) is 3.30. The predicted octanol–water partition coefficient (Wildman–Crippen LogP) is 2.53. The van der Waals surface area contributed by atoms with Crippen molar-refractivity contribution in [1.29, 1.82) is 0 Å². The SMILES string of the molecule is O=C(CCl)c1c(F)ccc(F)c1F. The maximum absolute atomic E-state index is 12.8. The zero-order chi connectivity index (χ0) is 10.0. The number of hydrogen-bond acceptors (Lipinski definition) is 1. The lowest BCUT2D eigenvalue weighted by molar-refractivity contribution is 0.101. The number of benzene rings is 1. The summed E-state index contributed by atoms with van der Waals surface area (Å²) in [5.41, 5.74) is -0.921. The van der Waals surface area contributed by atoms with E-state index in [1.54, 1.807) is 0 Å². The second kappa shape index (κ2) is 3.79. The van der Waals surface area contributed by atoms with Gasteiger partial charge in [-0.1, -0.05) is 0 Å². The second-order valence-corrected chi connectivity index (χ2v) is 2.54. The predicted molar refractivity (Wildman–Crippen MR) is 41.4 cm³/mol. The smallest absolute Gasteiger partial charge is 0.183 e. The van der Waals surface area contributed by atoms with E-state index in [0.29, 0.717) is 12.1 Å². The summed E-state index contributed by atoms with van der Waals surface area (Å²) in [6, 6.07) is 1.29. The van der Waals surface area contributed by atoms with E-state index in [0.717, 1.165) is 0 Å². The first-order chi connectivity index (χ1) is 6.07. The lowest BCUT2D eigenvalue weighted by Crippen LogP contribution is -2.08. The molecule has 70 valence electrons. The summed E-state index contributed by atoms with van der Waals surface area (Å²) in [6.07, 6.45) is 0. The molecule has 0 aliphatic rings. The van der Waals surface area contributed by atoms with Gasteiger partial charge < -0.3 is 0 Å². The third kappa shape index (κ3) is 1.83. The normalized spacial score (nSPS) is 10.2. The Kier molecular flexibility index (Phi) is 2.93. The van der Waals surface area contributed by atoms with Crippen LogP contribution in [-0.2, 0) is 0 Å². The Balaban J connectivity index is 3.33. The molecular formula is C8H4ClF3O. The minimum absolute atomic E-state index is 0.586. The molecule has 0 atom stereocenters. The Bertz CT molecular complexity index is 351. The van der Waals surface area contributed by atoms with E-state index in [9.17, 15) is 18.0 Å². The molecule has 1 nitrogen and oxygen atoms in total. The van der Waals surface area contributed by atoms with Gasteiger partial charge in [0.05, 0.1) is 11.4 Å². The molecule has 0 fully saturated rings. The number of rotatable bonds is 2. The number of carbonyl (C=O) groups is 1. The highest BCUT2D eigenvalue weighted by atomic mass is 35.5. The van der Waals surface area contributed by atoms with Crippen LogP contribution in [0, 0.1) is 17.5 Å². The van der Waals surface area contributed by atoms with Crippen LogP contribution in [0.4, 0.5) is 13.2 Å². The van der Waals surface area contributed by atoms with E-state index in [1.165, 1.54) is 0 Å². The average molecular weight is 209 g/mol. The van der Waals surface area contributed by atoms with Crippen molar-refractivity contribution < 1.29 is 18.0 Å². The van der Waals surface area contributed by atoms with E-state index in [-0.39, 0.29) is 0 Å². The van der Waals surface area contributed by atoms with Crippen molar-refractivity contribution in [3.8, 4) is 0 Å². The Morgan fingerprint density at radius 3 is 2.31 bits per heavy atom. The number of hydrogen-bond donors (Lipinski definition) is 0. The largest absolute Gasteiger partial charge is 0.293 e. The summed E-state index contributed by atoms with van der Waals surface area (Å²) in [5, 5.41) is 0. The third-order valence-corrected chi connectivity index (χ3v) is 1.69. The van der Waals surface area contributed by atoms with Crippen LogP contribution >= 0.6 is 11.6 Å². The molecule has 0 unspecified atom stereocenters. The minimum Gasteiger partial charge on any atom is -0.293 e. The number of Topliss-reactive ketones (excluding diaryl/α,β-unsaturated/α-hetero) is 1. The Morgan fingerprint density at radius 2 is 1.77 bits per heavy atom. The van der Waals surface area contributed by atoms with E-state index in [4.69, 9.17) is 11.6 Å². The molecule has 1 rings (SSSR count). The summed E-state index contributed by atoms with van der Waals surface area (Å²) >= 11 is 5.08. The van der Waals surface area contributed by atoms with Crippen molar-refractivity contribution in [3.63, 3.8) is 0 Å². The fourth-order valence-corrected chi connectivity index (χ4v) is 0.983. The van der Waals surface area contributed by atoms with Crippen LogP contribution < -0.4 is 0 Å². The molecule has 1 aromatic rings. The monoisotopic (exact) mass is 208 g/mol. The quantitative estimate of drug-likeness (QED) is 0.415. The highest BCUT2D eigenvalue weighted by Gasteiger charge is 2.19. The molecule has 5 heteroatoms. The van der Waals surface area contributed by atoms with Crippen LogP contribution in [0.15, 0.2) is 12.1 Å². The number of halogens is 4. The molecule has 0 radical (unpaired) electrons. The minimum atomic E-state index is -1.49. The zero-order valence-corrected chi connectivity index (χ0v) is 7.04. The van der Waals surface area contributed by atoms with Gasteiger partial charge in [-0.25, -0.2) is 13.2 Å². The van der Waals surface area contributed by atoms with Crippen molar-refractivity contribution in [2.24, 2.45) is 0 Å². The van der Waals surface area contributed by atoms with Crippen LogP contribution in [0.2, 0.25) is 0 Å². The molecule has 0 N–H and O–H groups in total. The standard InChI is InChI=1S/C8H4ClF3O/c9-3-6(13)7-4(10)1-2-5(11)8(7)12/h1-2H,3H2. The van der Waals surface area contributed by atoms with Gasteiger partial charge in [0.15, 0.2) is 17.4 Å². The number of alkyl halides is 1. The lowest BCUT2D eigenvalue weighted by atomic mass is 10.1. The summed E-state index contributed by atoms with van der Waals surface area (Å²) in [6.45, 7) is 0. The van der Waals surface area contributed by atoms with E-state index < -0.39 is 34.7 Å². The number of carbonyl (C=O) groups excluding carboxylic acids is 1. The molecular weight excluding hydrogens is 205 g/mol. The fourth-order valence-electron chi connectivity index (χ4n) is 0.849. The van der Waals surface area contributed by atoms with Crippen molar-refractivity contribution in [3.05, 3.63) is 35.1 Å². The van der Waals surface area contributed by atoms with Crippen molar-refractivity contribution in [2.75, 3.05) is 5.88 Å². The Labute approximate surface area is 77.1 Å². The molecule has 1 aromatic carbocycles. The highest BCUT2D eigenvalue weighted by Crippen LogP contribution is 2.16. The second-order valence-electron chi connectivity index (χ2n) is 2.27.